The van der Waals surface area contributed by atoms with E-state index in [2.05, 4.69) is 10.2 Å². The number of carbonyl (C=O) groups is 2. The molecule has 10 unspecified atom stereocenters. The molecule has 0 saturated carbocycles. The van der Waals surface area contributed by atoms with Crippen molar-refractivity contribution >= 4 is 17.5 Å². The normalized spacial score (nSPS) is 29.9. The van der Waals surface area contributed by atoms with Gasteiger partial charge in [-0.25, -0.2) is 4.79 Å². The number of carbonyl (C=O) groups excluding carboxylic acids is 2. The van der Waals surface area contributed by atoms with Crippen molar-refractivity contribution in [2.75, 3.05) is 31.1 Å². The fourth-order valence-corrected chi connectivity index (χ4v) is 7.96. The average Bonchev–Trinajstić information content (AvgIpc) is 3.62. The number of hydroxylamine groups is 2. The molecule has 5 heterocycles. The Labute approximate surface area is 345 Å². The Morgan fingerprint density at radius 3 is 2.25 bits per heavy atom. The van der Waals surface area contributed by atoms with E-state index in [1.165, 1.54) is 12.1 Å². The van der Waals surface area contributed by atoms with E-state index in [0.717, 1.165) is 45.3 Å². The molecule has 0 radical (unpaired) electrons. The molecule has 4 fully saturated rings. The van der Waals surface area contributed by atoms with Crippen molar-refractivity contribution in [1.82, 2.24) is 19.9 Å². The summed E-state index contributed by atoms with van der Waals surface area (Å²) in [4.78, 5) is 60.6. The van der Waals surface area contributed by atoms with Gasteiger partial charge in [-0.3, -0.25) is 28.8 Å². The second-order valence-electron chi connectivity index (χ2n) is 15.3. The number of hydrogen-bond acceptors (Lipinski definition) is 15. The first-order valence-electron chi connectivity index (χ1n) is 19.8. The Morgan fingerprint density at radius 2 is 1.61 bits per heavy atom. The van der Waals surface area contributed by atoms with Gasteiger partial charge in [0.2, 0.25) is 11.8 Å². The van der Waals surface area contributed by atoms with E-state index < -0.39 is 90.2 Å². The Balaban J connectivity index is 0.931. The molecule has 3 aromatic rings. The molecule has 19 nitrogen and oxygen atoms in total. The summed E-state index contributed by atoms with van der Waals surface area (Å²) in [5.41, 5.74) is 11.1. The number of ether oxygens (including phenoxy) is 4. The van der Waals surface area contributed by atoms with Gasteiger partial charge in [0.1, 0.15) is 54.5 Å². The third kappa shape index (κ3) is 9.92. The summed E-state index contributed by atoms with van der Waals surface area (Å²) < 4.78 is 63.2. The van der Waals surface area contributed by atoms with Gasteiger partial charge in [0.05, 0.1) is 5.56 Å². The van der Waals surface area contributed by atoms with Crippen LogP contribution in [0, 0.1) is 0 Å². The van der Waals surface area contributed by atoms with Crippen LogP contribution in [0.1, 0.15) is 43.0 Å². The molecular formula is C39H48F3N7O12. The first-order chi connectivity index (χ1) is 29.1. The maximum absolute atomic E-state index is 13.1. The van der Waals surface area contributed by atoms with E-state index in [9.17, 15) is 47.7 Å². The molecule has 4 aliphatic rings. The second kappa shape index (κ2) is 18.6. The second-order valence-corrected chi connectivity index (χ2v) is 15.3. The van der Waals surface area contributed by atoms with Crippen LogP contribution in [-0.4, -0.2) is 129 Å². The van der Waals surface area contributed by atoms with E-state index >= 15 is 0 Å². The predicted octanol–water partition coefficient (Wildman–Crippen LogP) is -0.782. The summed E-state index contributed by atoms with van der Waals surface area (Å²) >= 11 is 0. The number of rotatable bonds is 13. The number of aromatic nitrogens is 2. The van der Waals surface area contributed by atoms with Crippen LogP contribution in [0.2, 0.25) is 0 Å². The van der Waals surface area contributed by atoms with E-state index in [1.807, 2.05) is 29.2 Å². The minimum atomic E-state index is -4.41. The fourth-order valence-electron chi connectivity index (χ4n) is 7.96. The largest absolute Gasteiger partial charge is 0.490 e. The zero-order chi connectivity index (χ0) is 43.6. The summed E-state index contributed by atoms with van der Waals surface area (Å²) in [7, 11) is 0. The summed E-state index contributed by atoms with van der Waals surface area (Å²) in [6, 6.07) is 11.8. The number of halogens is 3. The van der Waals surface area contributed by atoms with Crippen molar-refractivity contribution in [3.8, 4) is 5.75 Å². The highest BCUT2D eigenvalue weighted by Gasteiger charge is 2.58. The van der Waals surface area contributed by atoms with Crippen molar-refractivity contribution in [2.45, 2.75) is 106 Å². The highest BCUT2D eigenvalue weighted by molar-refractivity contribution is 5.80. The number of aromatic amines is 1. The molecule has 9 N–H and O–H groups in total. The lowest BCUT2D eigenvalue weighted by atomic mass is 9.98. The van der Waals surface area contributed by atoms with Crippen molar-refractivity contribution in [2.24, 2.45) is 11.5 Å². The Morgan fingerprint density at radius 1 is 0.902 bits per heavy atom. The minimum absolute atomic E-state index is 0.0323. The number of amides is 2. The molecule has 22 heteroatoms. The molecule has 0 spiro atoms. The number of hydrogen-bond donors (Lipinski definition) is 7. The zero-order valence-electron chi connectivity index (χ0n) is 32.6. The standard InChI is InChI=1S/C39H48F3N7O12/c40-39(41,42)21-5-9-23(10-6-21)57-24-11-15-47(16-12-24)22-7-3-20(4-8-22)19-45-26(50)2-1-14-49-28(35(44)55)32(60-37-34(61-49)29(52)25(18-43)58-37)33-30(53)31(54)36(59-33)48-17-13-27(51)46-38(48)56/h3-10,13,17,24-25,28-34,36-37,52-54H,1-2,11-12,14-16,18-19,43H2,(H2,44,55)(H,45,50)(H,46,51,56). The zero-order valence-corrected chi connectivity index (χ0v) is 32.6. The summed E-state index contributed by atoms with van der Waals surface area (Å²) in [5.74, 6) is -0.941. The maximum Gasteiger partial charge on any atom is 0.416 e. The number of fused-ring (bicyclic) bond motifs is 1. The lowest BCUT2D eigenvalue weighted by Gasteiger charge is -2.35. The Kier molecular flexibility index (Phi) is 13.5. The number of nitrogens with two attached hydrogens (primary N) is 2. The lowest BCUT2D eigenvalue weighted by Crippen LogP contribution is -2.58. The molecule has 332 valence electrons. The van der Waals surface area contributed by atoms with Gasteiger partial charge in [-0.2, -0.15) is 18.2 Å². The Bertz CT molecular complexity index is 2100. The van der Waals surface area contributed by atoms with Crippen LogP contribution < -0.4 is 37.7 Å². The Hall–Kier alpha value is -4.91. The van der Waals surface area contributed by atoms with Crippen LogP contribution in [0.3, 0.4) is 0 Å². The van der Waals surface area contributed by atoms with Gasteiger partial charge in [-0.05, 0) is 48.4 Å². The molecule has 2 aromatic carbocycles. The quantitative estimate of drug-likeness (QED) is 0.111. The highest BCUT2D eigenvalue weighted by Crippen LogP contribution is 2.38. The number of nitrogens with zero attached hydrogens (tertiary/aromatic N) is 3. The van der Waals surface area contributed by atoms with Crippen molar-refractivity contribution in [3.05, 3.63) is 92.8 Å². The van der Waals surface area contributed by atoms with Gasteiger partial charge in [0.15, 0.2) is 18.6 Å². The van der Waals surface area contributed by atoms with E-state index in [4.69, 9.17) is 35.3 Å². The van der Waals surface area contributed by atoms with Crippen LogP contribution in [0.5, 0.6) is 5.75 Å². The fraction of sp³-hybridized carbons (Fsp3) is 0.538. The number of nitrogens with one attached hydrogen (secondary N) is 2. The van der Waals surface area contributed by atoms with Gasteiger partial charge < -0.3 is 56.0 Å². The summed E-state index contributed by atoms with van der Waals surface area (Å²) in [6.45, 7) is 1.34. The van der Waals surface area contributed by atoms with Crippen LogP contribution in [-0.2, 0) is 41.4 Å². The predicted molar refractivity (Wildman–Crippen MR) is 205 cm³/mol. The van der Waals surface area contributed by atoms with Gasteiger partial charge >= 0.3 is 11.9 Å². The molecular weight excluding hydrogens is 815 g/mol. The number of anilines is 1. The van der Waals surface area contributed by atoms with Crippen LogP contribution in [0.15, 0.2) is 70.4 Å². The van der Waals surface area contributed by atoms with Crippen LogP contribution >= 0.6 is 0 Å². The number of benzene rings is 2. The smallest absolute Gasteiger partial charge is 0.416 e. The van der Waals surface area contributed by atoms with Gasteiger partial charge in [0.25, 0.3) is 5.56 Å². The first kappa shape index (κ1) is 44.2. The number of H-pyrrole nitrogens is 1. The summed E-state index contributed by atoms with van der Waals surface area (Å²) in [6.07, 6.45) is -15.0. The average molecular weight is 864 g/mol. The molecule has 61 heavy (non-hydrogen) atoms. The topological polar surface area (TPSA) is 266 Å². The molecule has 1 aromatic heterocycles. The van der Waals surface area contributed by atoms with Crippen LogP contribution in [0.4, 0.5) is 18.9 Å². The van der Waals surface area contributed by atoms with Crippen molar-refractivity contribution in [3.63, 3.8) is 0 Å². The minimum Gasteiger partial charge on any atom is -0.490 e. The SMILES string of the molecule is NCC1OC2OC(C3OC(n4ccc(=O)[nH]c4=O)C(O)C3O)C(C(N)=O)N(CCCC(=O)NCc3ccc(N4CCC(Oc5ccc(C(F)(F)F)cc5)CC4)cc3)OC2C1O. The third-order valence-corrected chi connectivity index (χ3v) is 11.2. The molecule has 10 atom stereocenters. The molecule has 4 aliphatic heterocycles. The van der Waals surface area contributed by atoms with E-state index in [0.29, 0.717) is 31.7 Å². The molecule has 0 bridgehead atoms. The number of primary amides is 1. The number of aliphatic hydroxyl groups excluding tert-OH is 3. The highest BCUT2D eigenvalue weighted by atomic mass is 19.4. The summed E-state index contributed by atoms with van der Waals surface area (Å²) in [5, 5.41) is 37.1. The number of alkyl halides is 3. The molecule has 0 aliphatic carbocycles. The van der Waals surface area contributed by atoms with Gasteiger partial charge in [-0.1, -0.05) is 12.1 Å². The van der Waals surface area contributed by atoms with Gasteiger partial charge in [-0.15, -0.1) is 0 Å². The molecule has 4 saturated heterocycles. The number of piperidine rings is 1. The molecule has 7 rings (SSSR count). The van der Waals surface area contributed by atoms with Crippen LogP contribution in [0.25, 0.3) is 0 Å². The maximum atomic E-state index is 13.1. The van der Waals surface area contributed by atoms with E-state index in [-0.39, 0.29) is 44.5 Å². The monoisotopic (exact) mass is 863 g/mol. The van der Waals surface area contributed by atoms with Crippen molar-refractivity contribution < 1.29 is 61.9 Å². The first-order valence-corrected chi connectivity index (χ1v) is 19.8. The van der Waals surface area contributed by atoms with E-state index in [1.54, 1.807) is 0 Å². The van der Waals surface area contributed by atoms with Crippen molar-refractivity contribution in [1.29, 1.82) is 0 Å². The number of aliphatic hydroxyl groups is 3. The third-order valence-electron chi connectivity index (χ3n) is 11.2. The van der Waals surface area contributed by atoms with Gasteiger partial charge in [0, 0.05) is 69.9 Å². The molecule has 2 amide bonds. The lowest BCUT2D eigenvalue weighted by molar-refractivity contribution is -0.238.